The van der Waals surface area contributed by atoms with Crippen LogP contribution in [0.5, 0.6) is 0 Å². The molecule has 1 heterocycles. The van der Waals surface area contributed by atoms with Gasteiger partial charge in [-0.25, -0.2) is 4.79 Å². The molecular formula is C24H37N5O3. The number of carbonyl (C=O) groups excluding carboxylic acids is 1. The van der Waals surface area contributed by atoms with Crippen molar-refractivity contribution in [2.75, 3.05) is 29.0 Å². The van der Waals surface area contributed by atoms with Gasteiger partial charge in [-0.15, -0.1) is 0 Å². The molecule has 1 aromatic carbocycles. The number of nitrogens with two attached hydrogens (primary N) is 1. The second-order valence-electron chi connectivity index (χ2n) is 9.65. The number of anilines is 3. The summed E-state index contributed by atoms with van der Waals surface area (Å²) in [6.07, 6.45) is 1.66. The van der Waals surface area contributed by atoms with E-state index in [1.807, 2.05) is 45.0 Å². The van der Waals surface area contributed by atoms with Crippen LogP contribution in [0.2, 0.25) is 0 Å². The Labute approximate surface area is 189 Å². The van der Waals surface area contributed by atoms with Crippen LogP contribution in [0.1, 0.15) is 59.9 Å². The van der Waals surface area contributed by atoms with Gasteiger partial charge in [0, 0.05) is 18.8 Å². The molecule has 8 heteroatoms. The molecule has 0 spiro atoms. The number of unbranched alkanes of at least 4 members (excludes halogenated alkanes) is 1. The van der Waals surface area contributed by atoms with Gasteiger partial charge in [-0.2, -0.15) is 0 Å². The molecular weight excluding hydrogens is 406 g/mol. The molecule has 8 nitrogen and oxygen atoms in total. The van der Waals surface area contributed by atoms with Crippen molar-refractivity contribution in [2.24, 2.45) is 5.92 Å². The Bertz CT molecular complexity index is 1030. The molecule has 0 saturated heterocycles. The van der Waals surface area contributed by atoms with Gasteiger partial charge in [0.15, 0.2) is 0 Å². The normalized spacial score (nSPS) is 11.6. The van der Waals surface area contributed by atoms with Gasteiger partial charge in [-0.3, -0.25) is 19.1 Å². The minimum absolute atomic E-state index is 0.0249. The Morgan fingerprint density at radius 1 is 1.19 bits per heavy atom. The van der Waals surface area contributed by atoms with E-state index in [1.165, 1.54) is 10.1 Å². The summed E-state index contributed by atoms with van der Waals surface area (Å²) in [6, 6.07) is 7.74. The average molecular weight is 444 g/mol. The van der Waals surface area contributed by atoms with E-state index >= 15 is 0 Å². The minimum atomic E-state index is -0.578. The predicted molar refractivity (Wildman–Crippen MR) is 131 cm³/mol. The minimum Gasteiger partial charge on any atom is -0.383 e. The van der Waals surface area contributed by atoms with Crippen molar-refractivity contribution in [1.82, 2.24) is 9.55 Å². The van der Waals surface area contributed by atoms with Gasteiger partial charge < -0.3 is 16.0 Å². The van der Waals surface area contributed by atoms with Gasteiger partial charge >= 0.3 is 5.69 Å². The second-order valence-corrected chi connectivity index (χ2v) is 9.65. The SMILES string of the molecule is CCCCN(CC(=O)Nc1ccc(C(C)(C)C)cc1)c1c(N)n(CC(C)C)c(=O)[nH]c1=O. The van der Waals surface area contributed by atoms with Crippen LogP contribution in [0.4, 0.5) is 17.2 Å². The highest BCUT2D eigenvalue weighted by molar-refractivity contribution is 5.94. The smallest absolute Gasteiger partial charge is 0.330 e. The third kappa shape index (κ3) is 6.48. The number of aromatic amines is 1. The van der Waals surface area contributed by atoms with Gasteiger partial charge in [-0.1, -0.05) is 60.1 Å². The lowest BCUT2D eigenvalue weighted by Crippen LogP contribution is -2.42. The van der Waals surface area contributed by atoms with Crippen LogP contribution in [-0.4, -0.2) is 28.5 Å². The van der Waals surface area contributed by atoms with Gasteiger partial charge in [-0.05, 0) is 35.4 Å². The number of H-pyrrole nitrogens is 1. The van der Waals surface area contributed by atoms with E-state index in [4.69, 9.17) is 5.73 Å². The molecule has 0 atom stereocenters. The maximum absolute atomic E-state index is 12.8. The van der Waals surface area contributed by atoms with Crippen LogP contribution in [0.3, 0.4) is 0 Å². The van der Waals surface area contributed by atoms with Crippen molar-refractivity contribution in [3.63, 3.8) is 0 Å². The Kier molecular flexibility index (Phi) is 8.30. The van der Waals surface area contributed by atoms with Crippen molar-refractivity contribution < 1.29 is 4.79 Å². The first kappa shape index (κ1) is 25.2. The zero-order valence-electron chi connectivity index (χ0n) is 20.1. The van der Waals surface area contributed by atoms with E-state index in [2.05, 4.69) is 31.1 Å². The summed E-state index contributed by atoms with van der Waals surface area (Å²) in [5, 5.41) is 2.89. The topological polar surface area (TPSA) is 113 Å². The Balaban J connectivity index is 2.30. The molecule has 4 N–H and O–H groups in total. The van der Waals surface area contributed by atoms with Crippen LogP contribution in [0, 0.1) is 5.92 Å². The fraction of sp³-hybridized carbons (Fsp3) is 0.542. The number of hydrogen-bond acceptors (Lipinski definition) is 5. The molecule has 1 amide bonds. The van der Waals surface area contributed by atoms with Gasteiger partial charge in [0.25, 0.3) is 5.56 Å². The molecule has 0 aliphatic heterocycles. The van der Waals surface area contributed by atoms with Crippen LogP contribution in [0.15, 0.2) is 33.9 Å². The lowest BCUT2D eigenvalue weighted by molar-refractivity contribution is -0.115. The third-order valence-corrected chi connectivity index (χ3v) is 5.23. The predicted octanol–water partition coefficient (Wildman–Crippen LogP) is 3.32. The molecule has 0 aliphatic carbocycles. The molecule has 0 bridgehead atoms. The molecule has 0 fully saturated rings. The number of nitrogens with one attached hydrogen (secondary N) is 2. The van der Waals surface area contributed by atoms with Crippen LogP contribution in [-0.2, 0) is 16.8 Å². The van der Waals surface area contributed by atoms with E-state index in [-0.39, 0.29) is 35.3 Å². The number of benzene rings is 1. The maximum atomic E-state index is 12.8. The molecule has 2 rings (SSSR count). The summed E-state index contributed by atoms with van der Waals surface area (Å²) in [5.41, 5.74) is 7.19. The lowest BCUT2D eigenvalue weighted by Gasteiger charge is -2.26. The highest BCUT2D eigenvalue weighted by Gasteiger charge is 2.21. The van der Waals surface area contributed by atoms with Gasteiger partial charge in [0.05, 0.1) is 6.54 Å². The molecule has 1 aromatic heterocycles. The molecule has 32 heavy (non-hydrogen) atoms. The van der Waals surface area contributed by atoms with Crippen molar-refractivity contribution in [3.8, 4) is 0 Å². The van der Waals surface area contributed by atoms with Gasteiger partial charge in [0.1, 0.15) is 11.5 Å². The molecule has 176 valence electrons. The summed E-state index contributed by atoms with van der Waals surface area (Å²) in [6.45, 7) is 13.2. The van der Waals surface area contributed by atoms with Crippen molar-refractivity contribution >= 4 is 23.1 Å². The van der Waals surface area contributed by atoms with Crippen molar-refractivity contribution in [2.45, 2.75) is 66.3 Å². The number of hydrogen-bond donors (Lipinski definition) is 3. The number of amides is 1. The highest BCUT2D eigenvalue weighted by atomic mass is 16.2. The van der Waals surface area contributed by atoms with E-state index in [0.29, 0.717) is 18.8 Å². The fourth-order valence-electron chi connectivity index (χ4n) is 3.48. The highest BCUT2D eigenvalue weighted by Crippen LogP contribution is 2.24. The van der Waals surface area contributed by atoms with E-state index < -0.39 is 11.2 Å². The lowest BCUT2D eigenvalue weighted by atomic mass is 9.87. The van der Waals surface area contributed by atoms with E-state index in [1.54, 1.807) is 4.90 Å². The number of nitrogens with zero attached hydrogens (tertiary/aromatic N) is 2. The van der Waals surface area contributed by atoms with Crippen LogP contribution >= 0.6 is 0 Å². The molecule has 0 saturated carbocycles. The number of nitrogen functional groups attached to an aromatic ring is 1. The van der Waals surface area contributed by atoms with E-state index in [9.17, 15) is 14.4 Å². The van der Waals surface area contributed by atoms with Crippen LogP contribution < -0.4 is 27.2 Å². The Hall–Kier alpha value is -3.03. The molecule has 0 radical (unpaired) electrons. The largest absolute Gasteiger partial charge is 0.383 e. The number of aromatic nitrogens is 2. The first-order valence-corrected chi connectivity index (χ1v) is 11.2. The maximum Gasteiger partial charge on any atom is 0.330 e. The quantitative estimate of drug-likeness (QED) is 0.550. The fourth-order valence-corrected chi connectivity index (χ4v) is 3.48. The van der Waals surface area contributed by atoms with Crippen LogP contribution in [0.25, 0.3) is 0 Å². The Morgan fingerprint density at radius 3 is 2.34 bits per heavy atom. The summed E-state index contributed by atoms with van der Waals surface area (Å²) in [5.74, 6) is -0.00637. The summed E-state index contributed by atoms with van der Waals surface area (Å²) in [7, 11) is 0. The monoisotopic (exact) mass is 443 g/mol. The first-order valence-electron chi connectivity index (χ1n) is 11.2. The standard InChI is InChI=1S/C24H37N5O3/c1-7-8-13-28(20-21(25)29(14-16(2)3)23(32)27-22(20)31)15-19(30)26-18-11-9-17(10-12-18)24(4,5)6/h9-12,16H,7-8,13-15,25H2,1-6H3,(H,26,30)(H,27,31,32). The summed E-state index contributed by atoms with van der Waals surface area (Å²) < 4.78 is 1.36. The summed E-state index contributed by atoms with van der Waals surface area (Å²) in [4.78, 5) is 41.8. The Morgan fingerprint density at radius 2 is 1.81 bits per heavy atom. The molecule has 0 unspecified atom stereocenters. The van der Waals surface area contributed by atoms with E-state index in [0.717, 1.165) is 12.8 Å². The second kappa shape index (κ2) is 10.5. The summed E-state index contributed by atoms with van der Waals surface area (Å²) >= 11 is 0. The molecule has 2 aromatic rings. The zero-order valence-corrected chi connectivity index (χ0v) is 20.1. The average Bonchev–Trinajstić information content (AvgIpc) is 2.68. The van der Waals surface area contributed by atoms with Crippen molar-refractivity contribution in [3.05, 3.63) is 50.7 Å². The first-order chi connectivity index (χ1) is 14.9. The zero-order chi connectivity index (χ0) is 24.1. The third-order valence-electron chi connectivity index (χ3n) is 5.23. The number of rotatable bonds is 9. The van der Waals surface area contributed by atoms with Crippen molar-refractivity contribution in [1.29, 1.82) is 0 Å². The van der Waals surface area contributed by atoms with Gasteiger partial charge in [0.2, 0.25) is 5.91 Å². The number of carbonyl (C=O) groups is 1. The molecule has 0 aliphatic rings.